The van der Waals surface area contributed by atoms with Gasteiger partial charge in [-0.3, -0.25) is 4.79 Å². The molecule has 6 nitrogen and oxygen atoms in total. The zero-order chi connectivity index (χ0) is 20.5. The van der Waals surface area contributed by atoms with E-state index in [1.165, 1.54) is 0 Å². The van der Waals surface area contributed by atoms with Gasteiger partial charge in [0.25, 0.3) is 0 Å². The lowest BCUT2D eigenvalue weighted by atomic mass is 9.91. The number of carboxylic acids is 1. The first kappa shape index (κ1) is 20.0. The third-order valence-corrected chi connectivity index (χ3v) is 5.00. The second kappa shape index (κ2) is 7.70. The Morgan fingerprint density at radius 3 is 2.39 bits per heavy atom. The summed E-state index contributed by atoms with van der Waals surface area (Å²) in [6, 6.07) is 8.42. The number of piperidine rings is 1. The van der Waals surface area contributed by atoms with E-state index >= 15 is 0 Å². The molecule has 1 atom stereocenters. The zero-order valence-electron chi connectivity index (χ0n) is 16.9. The highest BCUT2D eigenvalue weighted by Gasteiger charge is 2.35. The van der Waals surface area contributed by atoms with Crippen LogP contribution in [0.1, 0.15) is 68.0 Å². The summed E-state index contributed by atoms with van der Waals surface area (Å²) in [4.78, 5) is 35.4. The van der Waals surface area contributed by atoms with Gasteiger partial charge in [-0.1, -0.05) is 32.9 Å². The molecule has 6 heteroatoms. The smallest absolute Gasteiger partial charge is 0.335 e. The largest absolute Gasteiger partial charge is 0.478 e. The maximum absolute atomic E-state index is 13.0. The standard InChI is InChI=1S/C22H27N3O3/c1-14-13-17(15-8-10-16(11-9-15)20(26)27)24-19(23-14)18-7-5-6-12-25(18)21(28)22(2,3)4/h8-11,13,18H,5-7,12H2,1-4H3,(H,26,27). The normalized spacial score (nSPS) is 17.4. The molecule has 1 aromatic heterocycles. The molecule has 0 radical (unpaired) electrons. The lowest BCUT2D eigenvalue weighted by Crippen LogP contribution is -2.44. The SMILES string of the molecule is Cc1cc(-c2ccc(C(=O)O)cc2)nc(C2CCCCN2C(=O)C(C)(C)C)n1. The number of hydrogen-bond donors (Lipinski definition) is 1. The fourth-order valence-corrected chi connectivity index (χ4v) is 3.55. The molecule has 1 unspecified atom stereocenters. The van der Waals surface area contributed by atoms with Crippen LogP contribution in [-0.4, -0.2) is 38.4 Å². The third kappa shape index (κ3) is 4.21. The number of amides is 1. The molecule has 2 aromatic rings. The summed E-state index contributed by atoms with van der Waals surface area (Å²) in [5.74, 6) is -0.172. The summed E-state index contributed by atoms with van der Waals surface area (Å²) < 4.78 is 0. The van der Waals surface area contributed by atoms with Crippen molar-refractivity contribution in [2.75, 3.05) is 6.54 Å². The van der Waals surface area contributed by atoms with Gasteiger partial charge in [-0.05, 0) is 44.4 Å². The molecule has 0 spiro atoms. The minimum Gasteiger partial charge on any atom is -0.478 e. The molecular formula is C22H27N3O3. The van der Waals surface area contributed by atoms with E-state index in [0.29, 0.717) is 5.82 Å². The van der Waals surface area contributed by atoms with Gasteiger partial charge in [0.15, 0.2) is 5.82 Å². The Labute approximate surface area is 165 Å². The quantitative estimate of drug-likeness (QED) is 0.859. The molecule has 148 valence electrons. The lowest BCUT2D eigenvalue weighted by molar-refractivity contribution is -0.143. The summed E-state index contributed by atoms with van der Waals surface area (Å²) in [7, 11) is 0. The van der Waals surface area contributed by atoms with Gasteiger partial charge in [0, 0.05) is 23.2 Å². The van der Waals surface area contributed by atoms with Crippen molar-refractivity contribution < 1.29 is 14.7 Å². The summed E-state index contributed by atoms with van der Waals surface area (Å²) in [5, 5.41) is 9.09. The number of carbonyl (C=O) groups excluding carboxylic acids is 1. The van der Waals surface area contributed by atoms with E-state index in [-0.39, 0.29) is 17.5 Å². The van der Waals surface area contributed by atoms with Gasteiger partial charge in [0.05, 0.1) is 17.3 Å². The molecule has 1 aliphatic heterocycles. The van der Waals surface area contributed by atoms with Crippen molar-refractivity contribution in [3.63, 3.8) is 0 Å². The number of rotatable bonds is 3. The highest BCUT2D eigenvalue weighted by Crippen LogP contribution is 2.33. The van der Waals surface area contributed by atoms with E-state index in [0.717, 1.165) is 42.8 Å². The topological polar surface area (TPSA) is 83.4 Å². The van der Waals surface area contributed by atoms with Crippen molar-refractivity contribution in [3.05, 3.63) is 47.4 Å². The Morgan fingerprint density at radius 2 is 1.79 bits per heavy atom. The van der Waals surface area contributed by atoms with Crippen LogP contribution in [0.4, 0.5) is 0 Å². The molecular weight excluding hydrogens is 354 g/mol. The fourth-order valence-electron chi connectivity index (χ4n) is 3.55. The first-order valence-corrected chi connectivity index (χ1v) is 9.67. The average molecular weight is 381 g/mol. The molecule has 0 saturated carbocycles. The van der Waals surface area contributed by atoms with Gasteiger partial charge in [-0.15, -0.1) is 0 Å². The van der Waals surface area contributed by atoms with Gasteiger partial charge < -0.3 is 10.0 Å². The Bertz CT molecular complexity index is 885. The molecule has 28 heavy (non-hydrogen) atoms. The zero-order valence-corrected chi connectivity index (χ0v) is 16.9. The van der Waals surface area contributed by atoms with Crippen molar-refractivity contribution in [2.45, 2.75) is 53.0 Å². The highest BCUT2D eigenvalue weighted by atomic mass is 16.4. The average Bonchev–Trinajstić information content (AvgIpc) is 2.66. The Morgan fingerprint density at radius 1 is 1.11 bits per heavy atom. The number of carbonyl (C=O) groups is 2. The molecule has 3 rings (SSSR count). The third-order valence-electron chi connectivity index (χ3n) is 5.00. The number of aromatic carboxylic acids is 1. The minimum atomic E-state index is -0.954. The minimum absolute atomic E-state index is 0.120. The van der Waals surface area contributed by atoms with Gasteiger partial charge >= 0.3 is 5.97 Å². The van der Waals surface area contributed by atoms with E-state index in [9.17, 15) is 9.59 Å². The van der Waals surface area contributed by atoms with Crippen molar-refractivity contribution in [3.8, 4) is 11.3 Å². The van der Waals surface area contributed by atoms with Gasteiger partial charge in [0.2, 0.25) is 5.91 Å². The second-order valence-electron chi connectivity index (χ2n) is 8.40. The molecule has 1 aliphatic rings. The predicted octanol–water partition coefficient (Wildman–Crippen LogP) is 4.25. The summed E-state index contributed by atoms with van der Waals surface area (Å²) in [5.41, 5.74) is 2.20. The number of hydrogen-bond acceptors (Lipinski definition) is 4. The highest BCUT2D eigenvalue weighted by molar-refractivity contribution is 5.88. The van der Waals surface area contributed by atoms with Crippen LogP contribution in [-0.2, 0) is 4.79 Å². The van der Waals surface area contributed by atoms with Crippen LogP contribution in [0.25, 0.3) is 11.3 Å². The molecule has 1 N–H and O–H groups in total. The number of benzene rings is 1. The molecule has 1 aromatic carbocycles. The number of carboxylic acid groups (broad SMARTS) is 1. The predicted molar refractivity (Wildman–Crippen MR) is 107 cm³/mol. The number of aryl methyl sites for hydroxylation is 1. The van der Waals surface area contributed by atoms with E-state index in [1.54, 1.807) is 24.3 Å². The molecule has 1 amide bonds. The number of aromatic nitrogens is 2. The maximum atomic E-state index is 13.0. The first-order chi connectivity index (χ1) is 13.2. The van der Waals surface area contributed by atoms with Gasteiger partial charge in [0.1, 0.15) is 0 Å². The van der Waals surface area contributed by atoms with E-state index in [1.807, 2.05) is 38.7 Å². The molecule has 1 saturated heterocycles. The molecule has 2 heterocycles. The summed E-state index contributed by atoms with van der Waals surface area (Å²) in [6.45, 7) is 8.45. The van der Waals surface area contributed by atoms with Crippen LogP contribution >= 0.6 is 0 Å². The number of nitrogens with zero attached hydrogens (tertiary/aromatic N) is 3. The van der Waals surface area contributed by atoms with Crippen LogP contribution in [0.2, 0.25) is 0 Å². The summed E-state index contributed by atoms with van der Waals surface area (Å²) >= 11 is 0. The van der Waals surface area contributed by atoms with Gasteiger partial charge in [-0.25, -0.2) is 14.8 Å². The first-order valence-electron chi connectivity index (χ1n) is 9.67. The molecule has 1 fully saturated rings. The van der Waals surface area contributed by atoms with Crippen LogP contribution in [0.5, 0.6) is 0 Å². The van der Waals surface area contributed by atoms with Crippen molar-refractivity contribution >= 4 is 11.9 Å². The second-order valence-corrected chi connectivity index (χ2v) is 8.40. The Balaban J connectivity index is 1.97. The van der Waals surface area contributed by atoms with Crippen LogP contribution in [0, 0.1) is 12.3 Å². The maximum Gasteiger partial charge on any atom is 0.335 e. The Kier molecular flexibility index (Phi) is 5.49. The molecule has 0 bridgehead atoms. The fraction of sp³-hybridized carbons (Fsp3) is 0.455. The van der Waals surface area contributed by atoms with Crippen molar-refractivity contribution in [1.29, 1.82) is 0 Å². The van der Waals surface area contributed by atoms with Crippen molar-refractivity contribution in [2.24, 2.45) is 5.41 Å². The van der Waals surface area contributed by atoms with E-state index < -0.39 is 11.4 Å². The molecule has 0 aliphatic carbocycles. The van der Waals surface area contributed by atoms with Crippen LogP contribution in [0.3, 0.4) is 0 Å². The lowest BCUT2D eigenvalue weighted by Gasteiger charge is -2.38. The summed E-state index contributed by atoms with van der Waals surface area (Å²) in [6.07, 6.45) is 2.88. The van der Waals surface area contributed by atoms with E-state index in [2.05, 4.69) is 4.98 Å². The van der Waals surface area contributed by atoms with Crippen LogP contribution < -0.4 is 0 Å². The number of likely N-dealkylation sites (tertiary alicyclic amines) is 1. The van der Waals surface area contributed by atoms with Gasteiger partial charge in [-0.2, -0.15) is 0 Å². The van der Waals surface area contributed by atoms with Crippen LogP contribution in [0.15, 0.2) is 30.3 Å². The Hall–Kier alpha value is -2.76. The van der Waals surface area contributed by atoms with Crippen molar-refractivity contribution in [1.82, 2.24) is 14.9 Å². The monoisotopic (exact) mass is 381 g/mol. The van der Waals surface area contributed by atoms with E-state index in [4.69, 9.17) is 10.1 Å².